The first-order valence-electron chi connectivity index (χ1n) is 7.75. The molecule has 100 valence electrons. The molecular weight excluding hydrogens is 206 g/mol. The maximum atomic E-state index is 2.65. The van der Waals surface area contributed by atoms with Crippen LogP contribution in [0.2, 0.25) is 0 Å². The van der Waals surface area contributed by atoms with Crippen LogP contribution in [0.25, 0.3) is 0 Å². The van der Waals surface area contributed by atoms with Crippen molar-refractivity contribution in [1.29, 1.82) is 0 Å². The Labute approximate surface area is 108 Å². The second kappa shape index (κ2) is 5.30. The Kier molecular flexibility index (Phi) is 4.18. The first-order valence-corrected chi connectivity index (χ1v) is 7.75. The molecule has 1 saturated heterocycles. The Hall–Kier alpha value is -0.0400. The Morgan fingerprint density at radius 3 is 2.06 bits per heavy atom. The van der Waals surface area contributed by atoms with Gasteiger partial charge in [-0.15, -0.1) is 0 Å². The van der Waals surface area contributed by atoms with E-state index in [1.165, 1.54) is 51.6 Å². The molecule has 0 N–H and O–H groups in total. The lowest BCUT2D eigenvalue weighted by molar-refractivity contribution is 0.130. The molecule has 1 saturated carbocycles. The molecule has 1 heteroatoms. The number of hydrogen-bond acceptors (Lipinski definition) is 1. The van der Waals surface area contributed by atoms with Crippen molar-refractivity contribution >= 4 is 0 Å². The van der Waals surface area contributed by atoms with Gasteiger partial charge in [-0.1, -0.05) is 13.8 Å². The SMILES string of the molecule is CC(C)CC1(CC2CCN(C(C)C)CC2)CC1. The summed E-state index contributed by atoms with van der Waals surface area (Å²) < 4.78 is 0. The molecule has 1 aliphatic heterocycles. The third kappa shape index (κ3) is 3.71. The van der Waals surface area contributed by atoms with Crippen LogP contribution in [0.4, 0.5) is 0 Å². The molecule has 0 atom stereocenters. The smallest absolute Gasteiger partial charge is 0.00385 e. The van der Waals surface area contributed by atoms with Crippen molar-refractivity contribution < 1.29 is 0 Å². The fourth-order valence-electron chi connectivity index (χ4n) is 3.82. The highest BCUT2D eigenvalue weighted by atomic mass is 15.1. The summed E-state index contributed by atoms with van der Waals surface area (Å²) in [4.78, 5) is 2.65. The van der Waals surface area contributed by atoms with Crippen LogP contribution in [0.1, 0.15) is 66.2 Å². The Balaban J connectivity index is 1.75. The predicted octanol–water partition coefficient (Wildman–Crippen LogP) is 4.32. The second-order valence-electron chi connectivity index (χ2n) is 7.38. The maximum absolute atomic E-state index is 2.65. The van der Waals surface area contributed by atoms with Crippen LogP contribution < -0.4 is 0 Å². The monoisotopic (exact) mass is 237 g/mol. The van der Waals surface area contributed by atoms with E-state index < -0.39 is 0 Å². The summed E-state index contributed by atoms with van der Waals surface area (Å²) in [6.45, 7) is 12.1. The minimum absolute atomic E-state index is 0.751. The van der Waals surface area contributed by atoms with Gasteiger partial charge >= 0.3 is 0 Å². The molecule has 0 amide bonds. The Morgan fingerprint density at radius 1 is 1.06 bits per heavy atom. The molecule has 0 aromatic heterocycles. The molecule has 0 aromatic rings. The third-order valence-electron chi connectivity index (χ3n) is 4.90. The zero-order chi connectivity index (χ0) is 12.5. The van der Waals surface area contributed by atoms with Gasteiger partial charge in [0.1, 0.15) is 0 Å². The molecule has 2 rings (SSSR count). The van der Waals surface area contributed by atoms with Crippen LogP contribution in [-0.4, -0.2) is 24.0 Å². The highest BCUT2D eigenvalue weighted by Gasteiger charge is 2.44. The van der Waals surface area contributed by atoms with Gasteiger partial charge in [0.05, 0.1) is 0 Å². The van der Waals surface area contributed by atoms with Gasteiger partial charge in [-0.3, -0.25) is 0 Å². The number of nitrogens with zero attached hydrogens (tertiary/aromatic N) is 1. The lowest BCUT2D eigenvalue weighted by Crippen LogP contribution is -2.38. The quantitative estimate of drug-likeness (QED) is 0.688. The van der Waals surface area contributed by atoms with Crippen LogP contribution in [0.5, 0.6) is 0 Å². The first kappa shape index (κ1) is 13.4. The molecule has 0 bridgehead atoms. The molecule has 2 fully saturated rings. The summed E-state index contributed by atoms with van der Waals surface area (Å²) in [6, 6.07) is 0.751. The summed E-state index contributed by atoms with van der Waals surface area (Å²) in [5.74, 6) is 1.93. The van der Waals surface area contributed by atoms with Gasteiger partial charge in [-0.25, -0.2) is 0 Å². The van der Waals surface area contributed by atoms with E-state index >= 15 is 0 Å². The number of rotatable bonds is 5. The van der Waals surface area contributed by atoms with Crippen molar-refractivity contribution in [3.63, 3.8) is 0 Å². The normalized spacial score (nSPS) is 25.8. The topological polar surface area (TPSA) is 3.24 Å². The molecule has 2 aliphatic rings. The largest absolute Gasteiger partial charge is 0.301 e. The zero-order valence-electron chi connectivity index (χ0n) is 12.3. The average Bonchev–Trinajstić information content (AvgIpc) is 2.97. The fraction of sp³-hybridized carbons (Fsp3) is 1.00. The van der Waals surface area contributed by atoms with Crippen molar-refractivity contribution in [2.24, 2.45) is 17.3 Å². The van der Waals surface area contributed by atoms with E-state index in [1.54, 1.807) is 0 Å². The summed E-state index contributed by atoms with van der Waals surface area (Å²) in [5.41, 5.74) is 0.791. The van der Waals surface area contributed by atoms with Gasteiger partial charge in [0, 0.05) is 6.04 Å². The minimum Gasteiger partial charge on any atom is -0.301 e. The summed E-state index contributed by atoms with van der Waals surface area (Å²) in [6.07, 6.45) is 8.98. The second-order valence-corrected chi connectivity index (χ2v) is 7.38. The fourth-order valence-corrected chi connectivity index (χ4v) is 3.82. The highest BCUT2D eigenvalue weighted by Crippen LogP contribution is 2.56. The van der Waals surface area contributed by atoms with Gasteiger partial charge in [0.25, 0.3) is 0 Å². The third-order valence-corrected chi connectivity index (χ3v) is 4.90. The maximum Gasteiger partial charge on any atom is 0.00385 e. The van der Waals surface area contributed by atoms with Gasteiger partial charge in [-0.2, -0.15) is 0 Å². The first-order chi connectivity index (χ1) is 8.01. The molecule has 0 unspecified atom stereocenters. The highest BCUT2D eigenvalue weighted by molar-refractivity contribution is 4.95. The van der Waals surface area contributed by atoms with Crippen molar-refractivity contribution in [3.8, 4) is 0 Å². The van der Waals surface area contributed by atoms with Gasteiger partial charge in [0.15, 0.2) is 0 Å². The van der Waals surface area contributed by atoms with E-state index in [4.69, 9.17) is 0 Å². The number of hydrogen-bond donors (Lipinski definition) is 0. The number of piperidine rings is 1. The Morgan fingerprint density at radius 2 is 1.65 bits per heavy atom. The van der Waals surface area contributed by atoms with E-state index in [0.717, 1.165) is 23.3 Å². The van der Waals surface area contributed by atoms with E-state index in [9.17, 15) is 0 Å². The van der Waals surface area contributed by atoms with E-state index in [0.29, 0.717) is 0 Å². The Bertz CT molecular complexity index is 232. The molecule has 1 heterocycles. The van der Waals surface area contributed by atoms with Gasteiger partial charge in [0.2, 0.25) is 0 Å². The predicted molar refractivity (Wildman–Crippen MR) is 75.2 cm³/mol. The van der Waals surface area contributed by atoms with E-state index in [1.807, 2.05) is 0 Å². The molecule has 0 spiro atoms. The van der Waals surface area contributed by atoms with E-state index in [2.05, 4.69) is 32.6 Å². The standard InChI is InChI=1S/C16H31N/c1-13(2)11-16(7-8-16)12-15-5-9-17(10-6-15)14(3)4/h13-15H,5-12H2,1-4H3. The minimum atomic E-state index is 0.751. The van der Waals surface area contributed by atoms with Crippen LogP contribution >= 0.6 is 0 Å². The van der Waals surface area contributed by atoms with Crippen LogP contribution in [0.3, 0.4) is 0 Å². The van der Waals surface area contributed by atoms with Crippen molar-refractivity contribution in [2.75, 3.05) is 13.1 Å². The van der Waals surface area contributed by atoms with Crippen LogP contribution in [-0.2, 0) is 0 Å². The van der Waals surface area contributed by atoms with Crippen molar-refractivity contribution in [1.82, 2.24) is 4.90 Å². The summed E-state index contributed by atoms with van der Waals surface area (Å²) >= 11 is 0. The summed E-state index contributed by atoms with van der Waals surface area (Å²) in [5, 5.41) is 0. The zero-order valence-corrected chi connectivity index (χ0v) is 12.3. The molecule has 1 aliphatic carbocycles. The van der Waals surface area contributed by atoms with Crippen LogP contribution in [0, 0.1) is 17.3 Å². The van der Waals surface area contributed by atoms with Gasteiger partial charge < -0.3 is 4.90 Å². The summed E-state index contributed by atoms with van der Waals surface area (Å²) in [7, 11) is 0. The molecular formula is C16H31N. The van der Waals surface area contributed by atoms with Gasteiger partial charge in [-0.05, 0) is 82.7 Å². The number of likely N-dealkylation sites (tertiary alicyclic amines) is 1. The molecule has 1 nitrogen and oxygen atoms in total. The van der Waals surface area contributed by atoms with Crippen molar-refractivity contribution in [2.45, 2.75) is 72.3 Å². The molecule has 17 heavy (non-hydrogen) atoms. The van der Waals surface area contributed by atoms with E-state index in [-0.39, 0.29) is 0 Å². The molecule has 0 aromatic carbocycles. The lowest BCUT2D eigenvalue weighted by Gasteiger charge is -2.36. The lowest BCUT2D eigenvalue weighted by atomic mass is 9.81. The average molecular weight is 237 g/mol. The van der Waals surface area contributed by atoms with Crippen molar-refractivity contribution in [3.05, 3.63) is 0 Å². The van der Waals surface area contributed by atoms with Crippen LogP contribution in [0.15, 0.2) is 0 Å². The molecule has 0 radical (unpaired) electrons.